The summed E-state index contributed by atoms with van der Waals surface area (Å²) in [4.78, 5) is 0. The van der Waals surface area contributed by atoms with Crippen molar-refractivity contribution in [2.75, 3.05) is 0 Å². The summed E-state index contributed by atoms with van der Waals surface area (Å²) in [5.74, 6) is 0. The van der Waals surface area contributed by atoms with Gasteiger partial charge < -0.3 is 5.11 Å². The van der Waals surface area contributed by atoms with Crippen LogP contribution in [0.15, 0.2) is 29.8 Å². The van der Waals surface area contributed by atoms with Crippen LogP contribution in [0.5, 0.6) is 0 Å². The average molecular weight is 243 g/mol. The number of benzene rings is 1. The summed E-state index contributed by atoms with van der Waals surface area (Å²) >= 11 is 12.0. The number of aliphatic hydroxyl groups is 1. The molecule has 1 aliphatic carbocycles. The quantitative estimate of drug-likeness (QED) is 0.786. The molecule has 1 N–H and O–H groups in total. The van der Waals surface area contributed by atoms with Crippen LogP contribution in [0.4, 0.5) is 0 Å². The maximum Gasteiger partial charge on any atom is 0.0726 e. The number of hydrogen-bond acceptors (Lipinski definition) is 1. The van der Waals surface area contributed by atoms with Crippen molar-refractivity contribution in [2.24, 2.45) is 0 Å². The SMILES string of the molecule is OC1C=C(Cc2cccc(Cl)c2Cl)CC1. The molecule has 3 heteroatoms. The van der Waals surface area contributed by atoms with E-state index in [1.807, 2.05) is 18.2 Å². The molecule has 0 saturated carbocycles. The second kappa shape index (κ2) is 4.56. The molecule has 1 aromatic carbocycles. The van der Waals surface area contributed by atoms with E-state index in [1.165, 1.54) is 5.57 Å². The summed E-state index contributed by atoms with van der Waals surface area (Å²) in [6.07, 6.45) is 4.20. The predicted molar refractivity (Wildman–Crippen MR) is 63.5 cm³/mol. The fraction of sp³-hybridized carbons (Fsp3) is 0.333. The molecule has 1 aromatic rings. The first-order valence-electron chi connectivity index (χ1n) is 4.97. The molecule has 80 valence electrons. The van der Waals surface area contributed by atoms with Crippen molar-refractivity contribution >= 4 is 23.2 Å². The standard InChI is InChI=1S/C12H12Cl2O/c13-11-3-1-2-9(12(11)14)6-8-4-5-10(15)7-8/h1-3,7,10,15H,4-6H2. The van der Waals surface area contributed by atoms with Gasteiger partial charge in [0.15, 0.2) is 0 Å². The molecule has 0 saturated heterocycles. The van der Waals surface area contributed by atoms with Gasteiger partial charge in [0.1, 0.15) is 0 Å². The van der Waals surface area contributed by atoms with Crippen LogP contribution in [-0.2, 0) is 6.42 Å². The summed E-state index contributed by atoms with van der Waals surface area (Å²) in [6.45, 7) is 0. The molecule has 0 aliphatic heterocycles. The molecule has 15 heavy (non-hydrogen) atoms. The van der Waals surface area contributed by atoms with E-state index in [1.54, 1.807) is 6.07 Å². The van der Waals surface area contributed by atoms with E-state index in [-0.39, 0.29) is 6.10 Å². The second-order valence-corrected chi connectivity index (χ2v) is 4.61. The Morgan fingerprint density at radius 3 is 2.80 bits per heavy atom. The van der Waals surface area contributed by atoms with Crippen molar-refractivity contribution in [3.63, 3.8) is 0 Å². The molecule has 1 unspecified atom stereocenters. The third-order valence-corrected chi connectivity index (χ3v) is 3.50. The van der Waals surface area contributed by atoms with Crippen LogP contribution in [-0.4, -0.2) is 11.2 Å². The summed E-state index contributed by atoms with van der Waals surface area (Å²) in [5, 5.41) is 10.6. The van der Waals surface area contributed by atoms with E-state index < -0.39 is 0 Å². The number of rotatable bonds is 2. The van der Waals surface area contributed by atoms with Crippen LogP contribution in [0.2, 0.25) is 10.0 Å². The van der Waals surface area contributed by atoms with Crippen LogP contribution < -0.4 is 0 Å². The Kier molecular flexibility index (Phi) is 3.35. The van der Waals surface area contributed by atoms with Gasteiger partial charge in [-0.1, -0.05) is 47.0 Å². The molecule has 1 aliphatic rings. The molecule has 0 aromatic heterocycles. The van der Waals surface area contributed by atoms with Crippen LogP contribution in [0.3, 0.4) is 0 Å². The average Bonchev–Trinajstić information content (AvgIpc) is 2.59. The zero-order valence-corrected chi connectivity index (χ0v) is 9.72. The van der Waals surface area contributed by atoms with E-state index in [9.17, 15) is 5.11 Å². The Bertz CT molecular complexity index is 399. The zero-order valence-electron chi connectivity index (χ0n) is 8.21. The molecule has 0 fully saturated rings. The van der Waals surface area contributed by atoms with E-state index in [0.29, 0.717) is 10.0 Å². The lowest BCUT2D eigenvalue weighted by atomic mass is 10.0. The smallest absolute Gasteiger partial charge is 0.0726 e. The van der Waals surface area contributed by atoms with Crippen molar-refractivity contribution in [1.29, 1.82) is 0 Å². The predicted octanol–water partition coefficient (Wildman–Crippen LogP) is 3.62. The highest BCUT2D eigenvalue weighted by Crippen LogP contribution is 2.30. The molecule has 0 radical (unpaired) electrons. The topological polar surface area (TPSA) is 20.2 Å². The number of aliphatic hydroxyl groups excluding tert-OH is 1. The molecule has 0 spiro atoms. The van der Waals surface area contributed by atoms with Crippen molar-refractivity contribution in [3.8, 4) is 0 Å². The van der Waals surface area contributed by atoms with Gasteiger partial charge in [0.05, 0.1) is 16.1 Å². The van der Waals surface area contributed by atoms with Crippen LogP contribution >= 0.6 is 23.2 Å². The molecule has 0 heterocycles. The minimum Gasteiger partial charge on any atom is -0.389 e. The van der Waals surface area contributed by atoms with Crippen LogP contribution in [0, 0.1) is 0 Å². The summed E-state index contributed by atoms with van der Waals surface area (Å²) in [7, 11) is 0. The van der Waals surface area contributed by atoms with Crippen molar-refractivity contribution < 1.29 is 5.11 Å². The van der Waals surface area contributed by atoms with Gasteiger partial charge in [0.2, 0.25) is 0 Å². The van der Waals surface area contributed by atoms with Crippen LogP contribution in [0.25, 0.3) is 0 Å². The first-order chi connectivity index (χ1) is 7.16. The number of allylic oxidation sites excluding steroid dienone is 1. The third kappa shape index (κ3) is 2.54. The van der Waals surface area contributed by atoms with Gasteiger partial charge in [-0.3, -0.25) is 0 Å². The van der Waals surface area contributed by atoms with E-state index in [0.717, 1.165) is 24.8 Å². The second-order valence-electron chi connectivity index (χ2n) is 3.82. The molecule has 1 nitrogen and oxygen atoms in total. The van der Waals surface area contributed by atoms with Crippen LogP contribution in [0.1, 0.15) is 18.4 Å². The Hall–Kier alpha value is -0.500. The summed E-state index contributed by atoms with van der Waals surface area (Å²) in [5.41, 5.74) is 2.27. The molecule has 2 rings (SSSR count). The van der Waals surface area contributed by atoms with Gasteiger partial charge in [0.25, 0.3) is 0 Å². The Morgan fingerprint density at radius 2 is 2.13 bits per heavy atom. The fourth-order valence-electron chi connectivity index (χ4n) is 1.85. The molecular formula is C12H12Cl2O. The Morgan fingerprint density at radius 1 is 1.33 bits per heavy atom. The van der Waals surface area contributed by atoms with Crippen molar-refractivity contribution in [2.45, 2.75) is 25.4 Å². The van der Waals surface area contributed by atoms with Gasteiger partial charge in [-0.25, -0.2) is 0 Å². The normalized spacial score (nSPS) is 20.5. The molecule has 0 amide bonds. The van der Waals surface area contributed by atoms with E-state index in [2.05, 4.69) is 0 Å². The largest absolute Gasteiger partial charge is 0.389 e. The van der Waals surface area contributed by atoms with Gasteiger partial charge in [0, 0.05) is 0 Å². The Balaban J connectivity index is 2.18. The first kappa shape index (κ1) is 11.0. The van der Waals surface area contributed by atoms with Crippen molar-refractivity contribution in [3.05, 3.63) is 45.5 Å². The maximum atomic E-state index is 9.37. The minimum absolute atomic E-state index is 0.280. The van der Waals surface area contributed by atoms with Gasteiger partial charge in [-0.15, -0.1) is 0 Å². The van der Waals surface area contributed by atoms with E-state index in [4.69, 9.17) is 23.2 Å². The van der Waals surface area contributed by atoms with Gasteiger partial charge >= 0.3 is 0 Å². The lowest BCUT2D eigenvalue weighted by Crippen LogP contribution is -1.93. The lowest BCUT2D eigenvalue weighted by Gasteiger charge is -2.05. The maximum absolute atomic E-state index is 9.37. The third-order valence-electron chi connectivity index (χ3n) is 2.64. The highest BCUT2D eigenvalue weighted by molar-refractivity contribution is 6.42. The fourth-order valence-corrected chi connectivity index (χ4v) is 2.24. The number of halogens is 2. The van der Waals surface area contributed by atoms with Gasteiger partial charge in [-0.05, 0) is 30.9 Å². The zero-order chi connectivity index (χ0) is 10.8. The highest BCUT2D eigenvalue weighted by atomic mass is 35.5. The molecule has 0 bridgehead atoms. The first-order valence-corrected chi connectivity index (χ1v) is 5.73. The monoisotopic (exact) mass is 242 g/mol. The van der Waals surface area contributed by atoms with Crippen molar-refractivity contribution in [1.82, 2.24) is 0 Å². The number of hydrogen-bond donors (Lipinski definition) is 1. The Labute approximate surface area is 99.3 Å². The molecule has 1 atom stereocenters. The highest BCUT2D eigenvalue weighted by Gasteiger charge is 2.14. The minimum atomic E-state index is -0.280. The summed E-state index contributed by atoms with van der Waals surface area (Å²) in [6, 6.07) is 5.65. The van der Waals surface area contributed by atoms with E-state index >= 15 is 0 Å². The summed E-state index contributed by atoms with van der Waals surface area (Å²) < 4.78 is 0. The van der Waals surface area contributed by atoms with Gasteiger partial charge in [-0.2, -0.15) is 0 Å². The molecular weight excluding hydrogens is 231 g/mol. The lowest BCUT2D eigenvalue weighted by molar-refractivity contribution is 0.223.